The quantitative estimate of drug-likeness (QED) is 0.698. The summed E-state index contributed by atoms with van der Waals surface area (Å²) in [6.07, 6.45) is 2.70. The number of carbonyl (C=O) groups is 1. The lowest BCUT2D eigenvalue weighted by molar-refractivity contribution is -0.116. The molecule has 1 fully saturated rings. The number of hydrogen-bond donors (Lipinski definition) is 0. The fourth-order valence-corrected chi connectivity index (χ4v) is 2.11. The molecule has 1 aromatic carbocycles. The molecule has 1 aromatic heterocycles. The molecular formula is C12H12N2O. The lowest BCUT2D eigenvalue weighted by Crippen LogP contribution is -2.31. The Morgan fingerprint density at radius 1 is 1.13 bits per heavy atom. The predicted octanol–water partition coefficient (Wildman–Crippen LogP) is 1.55. The van der Waals surface area contributed by atoms with Gasteiger partial charge in [0.25, 0.3) is 0 Å². The summed E-state index contributed by atoms with van der Waals surface area (Å²) >= 11 is 0. The molecule has 3 rings (SSSR count). The number of hydrogen-bond acceptors (Lipinski definition) is 2. The molecule has 0 amide bonds. The van der Waals surface area contributed by atoms with E-state index < -0.39 is 0 Å². The van der Waals surface area contributed by atoms with E-state index in [-0.39, 0.29) is 0 Å². The third kappa shape index (κ3) is 1.31. The molecule has 0 spiro atoms. The Morgan fingerprint density at radius 3 is 2.80 bits per heavy atom. The van der Waals surface area contributed by atoms with Gasteiger partial charge in [0.05, 0.1) is 12.1 Å². The van der Waals surface area contributed by atoms with Gasteiger partial charge in [0.1, 0.15) is 0 Å². The van der Waals surface area contributed by atoms with Gasteiger partial charge >= 0.3 is 0 Å². The average molecular weight is 200 g/mol. The van der Waals surface area contributed by atoms with Crippen LogP contribution >= 0.6 is 0 Å². The molecule has 3 nitrogen and oxygen atoms in total. The molecule has 0 N–H and O–H groups in total. The average Bonchev–Trinajstić information content (AvgIpc) is 2.83. The standard InChI is InChI=1S/C12H12N2O/c15-11-6-7-13(9-11)14-8-5-10-3-1-2-4-12(10)14/h1-5,8H,6-7,9H2. The highest BCUT2D eigenvalue weighted by Crippen LogP contribution is 2.17. The van der Waals surface area contributed by atoms with Crippen LogP contribution in [-0.4, -0.2) is 23.5 Å². The van der Waals surface area contributed by atoms with Crippen molar-refractivity contribution in [2.45, 2.75) is 6.42 Å². The summed E-state index contributed by atoms with van der Waals surface area (Å²) in [6, 6.07) is 10.3. The van der Waals surface area contributed by atoms with Gasteiger partial charge in [0.2, 0.25) is 0 Å². The summed E-state index contributed by atoms with van der Waals surface area (Å²) in [5.74, 6) is 0.327. The summed E-state index contributed by atoms with van der Waals surface area (Å²) in [4.78, 5) is 11.2. The predicted molar refractivity (Wildman–Crippen MR) is 59.5 cm³/mol. The summed E-state index contributed by atoms with van der Waals surface area (Å²) in [5.41, 5.74) is 1.17. The van der Waals surface area contributed by atoms with E-state index in [1.807, 2.05) is 18.3 Å². The Bertz CT molecular complexity index is 515. The third-order valence-electron chi connectivity index (χ3n) is 2.89. The van der Waals surface area contributed by atoms with Crippen molar-refractivity contribution in [3.8, 4) is 0 Å². The fourth-order valence-electron chi connectivity index (χ4n) is 2.11. The van der Waals surface area contributed by atoms with Gasteiger partial charge in [-0.1, -0.05) is 18.2 Å². The van der Waals surface area contributed by atoms with E-state index >= 15 is 0 Å². The zero-order valence-corrected chi connectivity index (χ0v) is 8.39. The molecule has 0 bridgehead atoms. The largest absolute Gasteiger partial charge is 0.305 e. The van der Waals surface area contributed by atoms with Gasteiger partial charge in [0.15, 0.2) is 5.78 Å². The second-order valence-electron chi connectivity index (χ2n) is 3.90. The first-order valence-electron chi connectivity index (χ1n) is 5.17. The van der Waals surface area contributed by atoms with Crippen LogP contribution in [0.25, 0.3) is 10.9 Å². The number of para-hydroxylation sites is 1. The Morgan fingerprint density at radius 2 is 2.00 bits per heavy atom. The molecule has 3 heteroatoms. The Kier molecular flexibility index (Phi) is 1.78. The maximum Gasteiger partial charge on any atom is 0.155 e. The van der Waals surface area contributed by atoms with Gasteiger partial charge in [-0.2, -0.15) is 0 Å². The molecule has 2 heterocycles. The summed E-state index contributed by atoms with van der Waals surface area (Å²) in [5, 5.41) is 3.31. The van der Waals surface area contributed by atoms with Crippen LogP contribution < -0.4 is 5.01 Å². The molecular weight excluding hydrogens is 188 g/mol. The van der Waals surface area contributed by atoms with Crippen LogP contribution in [-0.2, 0) is 4.79 Å². The van der Waals surface area contributed by atoms with E-state index in [0.29, 0.717) is 18.7 Å². The molecule has 76 valence electrons. The smallest absolute Gasteiger partial charge is 0.155 e. The van der Waals surface area contributed by atoms with Crippen LogP contribution in [0.1, 0.15) is 6.42 Å². The van der Waals surface area contributed by atoms with E-state index in [2.05, 4.69) is 27.9 Å². The SMILES string of the molecule is O=C1CCN(n2ccc3ccccc32)C1. The van der Waals surface area contributed by atoms with Crippen molar-refractivity contribution in [3.63, 3.8) is 0 Å². The minimum Gasteiger partial charge on any atom is -0.305 e. The molecule has 2 aromatic rings. The normalized spacial score (nSPS) is 16.5. The molecule has 0 unspecified atom stereocenters. The van der Waals surface area contributed by atoms with E-state index in [0.717, 1.165) is 6.54 Å². The number of carbonyl (C=O) groups excluding carboxylic acids is 1. The van der Waals surface area contributed by atoms with Crippen molar-refractivity contribution in [2.75, 3.05) is 18.1 Å². The molecule has 15 heavy (non-hydrogen) atoms. The lowest BCUT2D eigenvalue weighted by atomic mass is 10.3. The van der Waals surface area contributed by atoms with E-state index in [1.54, 1.807) is 0 Å². The van der Waals surface area contributed by atoms with Gasteiger partial charge in [-0.05, 0) is 12.1 Å². The van der Waals surface area contributed by atoms with Gasteiger partial charge in [-0.25, -0.2) is 0 Å². The van der Waals surface area contributed by atoms with Crippen molar-refractivity contribution in [1.82, 2.24) is 4.68 Å². The van der Waals surface area contributed by atoms with Crippen molar-refractivity contribution in [3.05, 3.63) is 36.5 Å². The van der Waals surface area contributed by atoms with Crippen LogP contribution in [0.15, 0.2) is 36.5 Å². The van der Waals surface area contributed by atoms with Gasteiger partial charge in [0, 0.05) is 24.5 Å². The number of nitrogens with zero attached hydrogens (tertiary/aromatic N) is 2. The van der Waals surface area contributed by atoms with Gasteiger partial charge in [-0.3, -0.25) is 9.47 Å². The van der Waals surface area contributed by atoms with Gasteiger partial charge < -0.3 is 5.01 Å². The van der Waals surface area contributed by atoms with Crippen LogP contribution in [0.5, 0.6) is 0 Å². The zero-order chi connectivity index (χ0) is 10.3. The van der Waals surface area contributed by atoms with Crippen LogP contribution in [0.2, 0.25) is 0 Å². The molecule has 0 radical (unpaired) electrons. The highest BCUT2D eigenvalue weighted by Gasteiger charge is 2.20. The first-order chi connectivity index (χ1) is 7.34. The van der Waals surface area contributed by atoms with Crippen molar-refractivity contribution in [1.29, 1.82) is 0 Å². The fraction of sp³-hybridized carbons (Fsp3) is 0.250. The highest BCUT2D eigenvalue weighted by molar-refractivity contribution is 5.86. The number of benzene rings is 1. The van der Waals surface area contributed by atoms with Crippen LogP contribution in [0.3, 0.4) is 0 Å². The van der Waals surface area contributed by atoms with Gasteiger partial charge in [-0.15, -0.1) is 0 Å². The number of fused-ring (bicyclic) bond motifs is 1. The minimum atomic E-state index is 0.327. The summed E-state index contributed by atoms with van der Waals surface area (Å²) in [6.45, 7) is 1.37. The highest BCUT2D eigenvalue weighted by atomic mass is 16.1. The molecule has 0 aliphatic carbocycles. The first kappa shape index (κ1) is 8.53. The van der Waals surface area contributed by atoms with Crippen LogP contribution in [0.4, 0.5) is 0 Å². The number of rotatable bonds is 1. The third-order valence-corrected chi connectivity index (χ3v) is 2.89. The number of aromatic nitrogens is 1. The second-order valence-corrected chi connectivity index (χ2v) is 3.90. The Balaban J connectivity index is 2.07. The van der Waals surface area contributed by atoms with E-state index in [1.165, 1.54) is 10.9 Å². The maximum atomic E-state index is 11.2. The first-order valence-corrected chi connectivity index (χ1v) is 5.17. The van der Waals surface area contributed by atoms with E-state index in [9.17, 15) is 4.79 Å². The monoisotopic (exact) mass is 200 g/mol. The maximum absolute atomic E-state index is 11.2. The molecule has 1 saturated heterocycles. The topological polar surface area (TPSA) is 25.2 Å². The number of Topliss-reactive ketones (excluding diaryl/α,β-unsaturated/α-hetero) is 1. The molecule has 1 aliphatic rings. The molecule has 1 aliphatic heterocycles. The molecule has 0 atom stereocenters. The Labute approximate surface area is 87.9 Å². The number of ketones is 1. The minimum absolute atomic E-state index is 0.327. The second kappa shape index (κ2) is 3.12. The van der Waals surface area contributed by atoms with E-state index in [4.69, 9.17) is 0 Å². The molecule has 0 saturated carbocycles. The van der Waals surface area contributed by atoms with Crippen LogP contribution in [0, 0.1) is 0 Å². The Hall–Kier alpha value is -1.77. The summed E-state index contributed by atoms with van der Waals surface area (Å²) < 4.78 is 2.08. The van der Waals surface area contributed by atoms with Crippen molar-refractivity contribution < 1.29 is 4.79 Å². The lowest BCUT2D eigenvalue weighted by Gasteiger charge is -2.19. The summed E-state index contributed by atoms with van der Waals surface area (Å²) in [7, 11) is 0. The zero-order valence-electron chi connectivity index (χ0n) is 8.39. The van der Waals surface area contributed by atoms with Crippen molar-refractivity contribution >= 4 is 16.7 Å². The van der Waals surface area contributed by atoms with Crippen molar-refractivity contribution in [2.24, 2.45) is 0 Å².